The van der Waals surface area contributed by atoms with E-state index in [1.807, 2.05) is 0 Å². The van der Waals surface area contributed by atoms with Gasteiger partial charge in [0.05, 0.1) is 0 Å². The first-order valence-electron chi connectivity index (χ1n) is 8.65. The van der Waals surface area contributed by atoms with Crippen LogP contribution in [0.3, 0.4) is 0 Å². The second-order valence-corrected chi connectivity index (χ2v) is 8.26. The summed E-state index contributed by atoms with van der Waals surface area (Å²) in [4.78, 5) is 14.8. The number of nitrogens with zero attached hydrogens (tertiary/aromatic N) is 2. The summed E-state index contributed by atoms with van der Waals surface area (Å²) in [5.74, 6) is -0.305. The minimum atomic E-state index is -3.74. The van der Waals surface area contributed by atoms with Gasteiger partial charge >= 0.3 is 0 Å². The van der Waals surface area contributed by atoms with Crippen molar-refractivity contribution >= 4 is 27.5 Å². The predicted octanol–water partition coefficient (Wildman–Crippen LogP) is 2.69. The van der Waals surface area contributed by atoms with Crippen molar-refractivity contribution in [2.24, 2.45) is 4.40 Å². The number of aryl methyl sites for hydroxylation is 1. The Labute approximate surface area is 156 Å². The van der Waals surface area contributed by atoms with Crippen molar-refractivity contribution in [1.29, 1.82) is 0 Å². The van der Waals surface area contributed by atoms with E-state index in [0.717, 1.165) is 6.42 Å². The van der Waals surface area contributed by atoms with E-state index in [0.29, 0.717) is 35.6 Å². The quantitative estimate of drug-likeness (QED) is 0.859. The van der Waals surface area contributed by atoms with Gasteiger partial charge in [0.1, 0.15) is 16.8 Å². The second kappa shape index (κ2) is 6.45. The van der Waals surface area contributed by atoms with Crippen molar-refractivity contribution in [3.63, 3.8) is 0 Å². The SMILES string of the molecule is Cc1cc(F)ccc1NC(=O)[C@@H]1CCCN1C1=NS(=O)(=O)c2ccccc21. The third-order valence-corrected chi connectivity index (χ3v) is 6.21. The lowest BCUT2D eigenvalue weighted by molar-refractivity contribution is -0.119. The molecule has 0 bridgehead atoms. The maximum absolute atomic E-state index is 13.3. The Morgan fingerprint density at radius 3 is 2.81 bits per heavy atom. The normalized spacial score (nSPS) is 20.3. The summed E-state index contributed by atoms with van der Waals surface area (Å²) in [5, 5.41) is 2.83. The Bertz CT molecular complexity index is 1070. The van der Waals surface area contributed by atoms with Crippen molar-refractivity contribution < 1.29 is 17.6 Å². The Morgan fingerprint density at radius 1 is 1.26 bits per heavy atom. The molecule has 0 radical (unpaired) electrons. The molecule has 1 atom stereocenters. The molecular formula is C19H18FN3O3S. The van der Waals surface area contributed by atoms with Gasteiger partial charge in [0, 0.05) is 17.8 Å². The zero-order chi connectivity index (χ0) is 19.2. The van der Waals surface area contributed by atoms with Gasteiger partial charge in [-0.3, -0.25) is 4.79 Å². The first-order chi connectivity index (χ1) is 12.9. The first kappa shape index (κ1) is 17.7. The van der Waals surface area contributed by atoms with E-state index in [9.17, 15) is 17.6 Å². The summed E-state index contributed by atoms with van der Waals surface area (Å²) in [6.07, 6.45) is 1.34. The highest BCUT2D eigenvalue weighted by Crippen LogP contribution is 2.31. The first-order valence-corrected chi connectivity index (χ1v) is 10.1. The molecule has 0 aliphatic carbocycles. The van der Waals surface area contributed by atoms with Crippen LogP contribution in [0.5, 0.6) is 0 Å². The number of sulfonamides is 1. The smallest absolute Gasteiger partial charge is 0.285 e. The number of hydrogen-bond donors (Lipinski definition) is 1. The van der Waals surface area contributed by atoms with E-state index >= 15 is 0 Å². The molecule has 1 N–H and O–H groups in total. The minimum absolute atomic E-state index is 0.167. The summed E-state index contributed by atoms with van der Waals surface area (Å²) in [6, 6.07) is 10.3. The molecule has 1 amide bonds. The lowest BCUT2D eigenvalue weighted by Gasteiger charge is -2.26. The standard InChI is InChI=1S/C19H18FN3O3S/c1-12-11-13(20)8-9-15(12)21-19(24)16-6-4-10-23(16)18-14-5-2-3-7-17(14)27(25,26)22-18/h2-3,5,7-9,11,16H,4,6,10H2,1H3,(H,21,24)/t16-/m0/s1. The Hall–Kier alpha value is -2.74. The van der Waals surface area contributed by atoms with Crippen LogP contribution in [0, 0.1) is 12.7 Å². The van der Waals surface area contributed by atoms with E-state index in [1.54, 1.807) is 30.0 Å². The molecule has 0 saturated carbocycles. The molecule has 2 aromatic carbocycles. The molecular weight excluding hydrogens is 369 g/mol. The van der Waals surface area contributed by atoms with Crippen molar-refractivity contribution in [3.05, 3.63) is 59.4 Å². The fourth-order valence-electron chi connectivity index (χ4n) is 3.57. The summed E-state index contributed by atoms with van der Waals surface area (Å²) in [5.41, 5.74) is 1.68. The number of fused-ring (bicyclic) bond motifs is 1. The van der Waals surface area contributed by atoms with Crippen LogP contribution >= 0.6 is 0 Å². The molecule has 1 saturated heterocycles. The van der Waals surface area contributed by atoms with Gasteiger partial charge in [0.2, 0.25) is 5.91 Å². The fraction of sp³-hybridized carbons (Fsp3) is 0.263. The minimum Gasteiger partial charge on any atom is -0.343 e. The molecule has 4 rings (SSSR count). The van der Waals surface area contributed by atoms with Gasteiger partial charge in [-0.25, -0.2) is 4.39 Å². The van der Waals surface area contributed by atoms with Crippen LogP contribution in [0.15, 0.2) is 51.8 Å². The molecule has 8 heteroatoms. The highest BCUT2D eigenvalue weighted by Gasteiger charge is 2.39. The molecule has 2 aliphatic rings. The van der Waals surface area contributed by atoms with Gasteiger partial charge in [0.15, 0.2) is 5.84 Å². The van der Waals surface area contributed by atoms with Gasteiger partial charge in [-0.2, -0.15) is 8.42 Å². The van der Waals surface area contributed by atoms with Gasteiger partial charge < -0.3 is 10.2 Å². The van der Waals surface area contributed by atoms with Gasteiger partial charge in [-0.1, -0.05) is 12.1 Å². The fourth-order valence-corrected chi connectivity index (χ4v) is 4.79. The van der Waals surface area contributed by atoms with Crippen molar-refractivity contribution in [2.45, 2.75) is 30.7 Å². The number of benzene rings is 2. The molecule has 6 nitrogen and oxygen atoms in total. The maximum atomic E-state index is 13.3. The summed E-state index contributed by atoms with van der Waals surface area (Å²) in [7, 11) is -3.74. The third kappa shape index (κ3) is 3.10. The molecule has 0 unspecified atom stereocenters. The summed E-state index contributed by atoms with van der Waals surface area (Å²) >= 11 is 0. The van der Waals surface area contributed by atoms with E-state index in [-0.39, 0.29) is 16.6 Å². The lowest BCUT2D eigenvalue weighted by Crippen LogP contribution is -2.43. The van der Waals surface area contributed by atoms with E-state index in [4.69, 9.17) is 0 Å². The van der Waals surface area contributed by atoms with Crippen LogP contribution in [0.2, 0.25) is 0 Å². The molecule has 27 heavy (non-hydrogen) atoms. The molecule has 2 aliphatic heterocycles. The maximum Gasteiger partial charge on any atom is 0.285 e. The molecule has 0 aromatic heterocycles. The lowest BCUT2D eigenvalue weighted by atomic mass is 10.1. The van der Waals surface area contributed by atoms with E-state index < -0.39 is 16.1 Å². The second-order valence-electron chi connectivity index (χ2n) is 6.69. The number of carbonyl (C=O) groups is 1. The molecule has 2 heterocycles. The zero-order valence-corrected chi connectivity index (χ0v) is 15.5. The van der Waals surface area contributed by atoms with Crippen LogP contribution in [-0.2, 0) is 14.8 Å². The summed E-state index contributed by atoms with van der Waals surface area (Å²) in [6.45, 7) is 2.26. The van der Waals surface area contributed by atoms with Crippen molar-refractivity contribution in [2.75, 3.05) is 11.9 Å². The van der Waals surface area contributed by atoms with E-state index in [1.165, 1.54) is 24.3 Å². The highest BCUT2D eigenvalue weighted by molar-refractivity contribution is 7.90. The number of carbonyl (C=O) groups excluding carboxylic acids is 1. The van der Waals surface area contributed by atoms with Gasteiger partial charge in [0.25, 0.3) is 10.0 Å². The number of halogens is 1. The van der Waals surface area contributed by atoms with Crippen LogP contribution in [0.1, 0.15) is 24.0 Å². The Kier molecular flexibility index (Phi) is 4.22. The zero-order valence-electron chi connectivity index (χ0n) is 14.6. The van der Waals surface area contributed by atoms with E-state index in [2.05, 4.69) is 9.71 Å². The van der Waals surface area contributed by atoms with Crippen molar-refractivity contribution in [3.8, 4) is 0 Å². The average Bonchev–Trinajstić information content (AvgIpc) is 3.21. The van der Waals surface area contributed by atoms with Gasteiger partial charge in [-0.15, -0.1) is 4.40 Å². The number of hydrogen-bond acceptors (Lipinski definition) is 4. The Balaban J connectivity index is 1.62. The third-order valence-electron chi connectivity index (χ3n) is 4.89. The number of rotatable bonds is 2. The van der Waals surface area contributed by atoms with Crippen LogP contribution in [0.25, 0.3) is 0 Å². The summed E-state index contributed by atoms with van der Waals surface area (Å²) < 4.78 is 41.8. The Morgan fingerprint density at radius 2 is 2.04 bits per heavy atom. The number of amides is 1. The molecule has 2 aromatic rings. The van der Waals surface area contributed by atoms with Crippen molar-refractivity contribution in [1.82, 2.24) is 4.90 Å². The monoisotopic (exact) mass is 387 g/mol. The number of anilines is 1. The number of amidine groups is 1. The topological polar surface area (TPSA) is 78.8 Å². The van der Waals surface area contributed by atoms with Crippen LogP contribution in [0.4, 0.5) is 10.1 Å². The number of nitrogens with one attached hydrogen (secondary N) is 1. The predicted molar refractivity (Wildman–Crippen MR) is 99.7 cm³/mol. The van der Waals surface area contributed by atoms with Crippen LogP contribution < -0.4 is 5.32 Å². The molecule has 0 spiro atoms. The number of likely N-dealkylation sites (tertiary alicyclic amines) is 1. The highest BCUT2D eigenvalue weighted by atomic mass is 32.2. The van der Waals surface area contributed by atoms with Gasteiger partial charge in [-0.05, 0) is 55.7 Å². The molecule has 1 fully saturated rings. The molecule has 140 valence electrons. The largest absolute Gasteiger partial charge is 0.343 e. The average molecular weight is 387 g/mol. The van der Waals surface area contributed by atoms with Crippen LogP contribution in [-0.4, -0.2) is 37.6 Å².